The molecule has 86 valence electrons. The van der Waals surface area contributed by atoms with Gasteiger partial charge in [0.2, 0.25) is 0 Å². The first-order chi connectivity index (χ1) is 7.17. The Balaban J connectivity index is 2.50. The topological polar surface area (TPSA) is 43.8 Å². The lowest BCUT2D eigenvalue weighted by atomic mass is 10.00. The summed E-state index contributed by atoms with van der Waals surface area (Å²) in [6.45, 7) is 5.45. The highest BCUT2D eigenvalue weighted by Crippen LogP contribution is 2.19. The average Bonchev–Trinajstić information content (AvgIpc) is 2.53. The monoisotopic (exact) mass is 273 g/mol. The first kappa shape index (κ1) is 12.6. The summed E-state index contributed by atoms with van der Waals surface area (Å²) < 4.78 is 2.84. The van der Waals surface area contributed by atoms with Crippen LogP contribution in [0.25, 0.3) is 0 Å². The van der Waals surface area contributed by atoms with Crippen molar-refractivity contribution in [3.05, 3.63) is 10.7 Å². The van der Waals surface area contributed by atoms with E-state index in [1.807, 2.05) is 10.9 Å². The molecule has 0 aliphatic rings. The minimum atomic E-state index is 0.584. The third-order valence-corrected chi connectivity index (χ3v) is 3.34. The fourth-order valence-electron chi connectivity index (χ4n) is 1.69. The summed E-state index contributed by atoms with van der Waals surface area (Å²) in [5.41, 5.74) is 5.68. The molecule has 1 atom stereocenters. The highest BCUT2D eigenvalue weighted by molar-refractivity contribution is 9.10. The largest absolute Gasteiger partial charge is 0.381 e. The zero-order valence-corrected chi connectivity index (χ0v) is 11.1. The second-order valence-corrected chi connectivity index (χ2v) is 4.86. The Morgan fingerprint density at radius 1 is 1.53 bits per heavy atom. The summed E-state index contributed by atoms with van der Waals surface area (Å²) in [5.74, 6) is 1.30. The lowest BCUT2D eigenvalue weighted by Crippen LogP contribution is -2.10. The molecule has 0 fully saturated rings. The van der Waals surface area contributed by atoms with E-state index >= 15 is 0 Å². The lowest BCUT2D eigenvalue weighted by Gasteiger charge is -2.13. The van der Waals surface area contributed by atoms with E-state index in [1.165, 1.54) is 25.7 Å². The summed E-state index contributed by atoms with van der Waals surface area (Å²) in [5, 5.41) is 4.25. The molecule has 1 rings (SSSR count). The van der Waals surface area contributed by atoms with Gasteiger partial charge in [-0.3, -0.25) is 4.68 Å². The van der Waals surface area contributed by atoms with Gasteiger partial charge in [-0.05, 0) is 28.3 Å². The van der Waals surface area contributed by atoms with Crippen LogP contribution in [-0.2, 0) is 6.54 Å². The van der Waals surface area contributed by atoms with Crippen LogP contribution in [0.2, 0.25) is 0 Å². The molecule has 0 amide bonds. The molecule has 0 spiro atoms. The Morgan fingerprint density at radius 3 is 2.73 bits per heavy atom. The number of anilines is 1. The predicted molar refractivity (Wildman–Crippen MR) is 67.6 cm³/mol. The summed E-state index contributed by atoms with van der Waals surface area (Å²) in [4.78, 5) is 0. The Labute approximate surface area is 100 Å². The summed E-state index contributed by atoms with van der Waals surface area (Å²) >= 11 is 3.37. The lowest BCUT2D eigenvalue weighted by molar-refractivity contribution is 0.373. The van der Waals surface area contributed by atoms with Crippen molar-refractivity contribution >= 4 is 21.7 Å². The zero-order valence-electron chi connectivity index (χ0n) is 9.54. The number of aromatic nitrogens is 2. The molecule has 0 bridgehead atoms. The van der Waals surface area contributed by atoms with Crippen LogP contribution in [0.15, 0.2) is 10.7 Å². The van der Waals surface area contributed by atoms with Gasteiger partial charge in [-0.1, -0.05) is 33.1 Å². The van der Waals surface area contributed by atoms with Crippen molar-refractivity contribution in [2.45, 2.75) is 46.1 Å². The summed E-state index contributed by atoms with van der Waals surface area (Å²) in [6.07, 6.45) is 7.02. The molecular weight excluding hydrogens is 254 g/mol. The van der Waals surface area contributed by atoms with Crippen LogP contribution in [0.3, 0.4) is 0 Å². The van der Waals surface area contributed by atoms with E-state index in [1.54, 1.807) is 0 Å². The van der Waals surface area contributed by atoms with Gasteiger partial charge in [0.1, 0.15) is 0 Å². The first-order valence-electron chi connectivity index (χ1n) is 5.65. The number of nitrogens with zero attached hydrogens (tertiary/aromatic N) is 2. The van der Waals surface area contributed by atoms with Crippen LogP contribution < -0.4 is 5.73 Å². The molecule has 0 radical (unpaired) electrons. The quantitative estimate of drug-likeness (QED) is 0.863. The fourth-order valence-corrected chi connectivity index (χ4v) is 2.00. The number of nitrogens with two attached hydrogens (primary N) is 1. The number of hydrogen-bond donors (Lipinski definition) is 1. The average molecular weight is 274 g/mol. The van der Waals surface area contributed by atoms with Gasteiger partial charge >= 0.3 is 0 Å². The number of nitrogen functional groups attached to an aromatic ring is 1. The third kappa shape index (κ3) is 3.86. The van der Waals surface area contributed by atoms with Crippen molar-refractivity contribution in [3.8, 4) is 0 Å². The zero-order chi connectivity index (χ0) is 11.3. The van der Waals surface area contributed by atoms with E-state index in [-0.39, 0.29) is 0 Å². The van der Waals surface area contributed by atoms with Gasteiger partial charge in [-0.15, -0.1) is 0 Å². The second kappa shape index (κ2) is 6.16. The minimum Gasteiger partial charge on any atom is -0.381 e. The highest BCUT2D eigenvalue weighted by Gasteiger charge is 2.09. The Hall–Kier alpha value is -0.510. The van der Waals surface area contributed by atoms with Gasteiger partial charge in [0.15, 0.2) is 5.82 Å². The number of halogens is 1. The maximum Gasteiger partial charge on any atom is 0.159 e. The third-order valence-electron chi connectivity index (χ3n) is 2.73. The SMILES string of the molecule is CCCCC(CC)Cn1cc(Br)c(N)n1. The van der Waals surface area contributed by atoms with Crippen LogP contribution in [0.4, 0.5) is 5.82 Å². The molecule has 0 aliphatic heterocycles. The Kier molecular flexibility index (Phi) is 5.15. The predicted octanol–water partition coefficient (Wildman–Crippen LogP) is 3.44. The smallest absolute Gasteiger partial charge is 0.159 e. The normalized spacial score (nSPS) is 13.0. The molecule has 1 aromatic heterocycles. The molecule has 3 nitrogen and oxygen atoms in total. The van der Waals surface area contributed by atoms with Crippen LogP contribution in [0, 0.1) is 5.92 Å². The van der Waals surface area contributed by atoms with Gasteiger partial charge < -0.3 is 5.73 Å². The van der Waals surface area contributed by atoms with Crippen LogP contribution in [-0.4, -0.2) is 9.78 Å². The standard InChI is InChI=1S/C11H20BrN3/c1-3-5-6-9(4-2)7-15-8-10(12)11(13)14-15/h8-9H,3-7H2,1-2H3,(H2,13,14). The van der Waals surface area contributed by atoms with Crippen molar-refractivity contribution in [1.82, 2.24) is 9.78 Å². The van der Waals surface area contributed by atoms with E-state index < -0.39 is 0 Å². The van der Waals surface area contributed by atoms with E-state index in [0.717, 1.165) is 16.9 Å². The fraction of sp³-hybridized carbons (Fsp3) is 0.727. The first-order valence-corrected chi connectivity index (χ1v) is 6.45. The van der Waals surface area contributed by atoms with E-state index in [0.29, 0.717) is 5.82 Å². The summed E-state index contributed by atoms with van der Waals surface area (Å²) in [6, 6.07) is 0. The molecule has 15 heavy (non-hydrogen) atoms. The maximum absolute atomic E-state index is 5.68. The van der Waals surface area contributed by atoms with Crippen molar-refractivity contribution in [1.29, 1.82) is 0 Å². The molecule has 1 unspecified atom stereocenters. The highest BCUT2D eigenvalue weighted by atomic mass is 79.9. The Bertz CT molecular complexity index is 277. The van der Waals surface area contributed by atoms with Gasteiger partial charge in [-0.25, -0.2) is 0 Å². The number of rotatable bonds is 6. The maximum atomic E-state index is 5.68. The van der Waals surface area contributed by atoms with Crippen molar-refractivity contribution in [2.75, 3.05) is 5.73 Å². The molecule has 0 aromatic carbocycles. The molecule has 4 heteroatoms. The van der Waals surface area contributed by atoms with E-state index in [4.69, 9.17) is 5.73 Å². The van der Waals surface area contributed by atoms with Crippen molar-refractivity contribution < 1.29 is 0 Å². The molecule has 0 aliphatic carbocycles. The molecule has 1 heterocycles. The van der Waals surface area contributed by atoms with Gasteiger partial charge in [-0.2, -0.15) is 5.10 Å². The second-order valence-electron chi connectivity index (χ2n) is 4.00. The van der Waals surface area contributed by atoms with Gasteiger partial charge in [0, 0.05) is 12.7 Å². The molecule has 1 aromatic rings. The Morgan fingerprint density at radius 2 is 2.27 bits per heavy atom. The van der Waals surface area contributed by atoms with Gasteiger partial charge in [0.25, 0.3) is 0 Å². The van der Waals surface area contributed by atoms with Crippen LogP contribution in [0.5, 0.6) is 0 Å². The van der Waals surface area contributed by atoms with Crippen LogP contribution in [0.1, 0.15) is 39.5 Å². The molecule has 0 saturated carbocycles. The van der Waals surface area contributed by atoms with E-state index in [2.05, 4.69) is 34.9 Å². The van der Waals surface area contributed by atoms with Crippen molar-refractivity contribution in [3.63, 3.8) is 0 Å². The molecule has 0 saturated heterocycles. The number of hydrogen-bond acceptors (Lipinski definition) is 2. The van der Waals surface area contributed by atoms with Crippen LogP contribution >= 0.6 is 15.9 Å². The summed E-state index contributed by atoms with van der Waals surface area (Å²) in [7, 11) is 0. The molecular formula is C11H20BrN3. The van der Waals surface area contributed by atoms with E-state index in [9.17, 15) is 0 Å². The number of unbranched alkanes of at least 4 members (excludes halogenated alkanes) is 1. The molecule has 2 N–H and O–H groups in total. The van der Waals surface area contributed by atoms with Gasteiger partial charge in [0.05, 0.1) is 4.47 Å². The van der Waals surface area contributed by atoms with Crippen molar-refractivity contribution in [2.24, 2.45) is 5.92 Å². The minimum absolute atomic E-state index is 0.584.